The fourth-order valence-electron chi connectivity index (χ4n) is 2.21. The summed E-state index contributed by atoms with van der Waals surface area (Å²) < 4.78 is 7.49. The normalized spacial score (nSPS) is 13.8. The number of nitriles is 1. The van der Waals surface area contributed by atoms with Gasteiger partial charge in [0.15, 0.2) is 0 Å². The molecule has 0 bridgehead atoms. The molecule has 2 heterocycles. The number of nitrogens with zero attached hydrogens (tertiary/aromatic N) is 3. The SMILES string of the molecule is N#CCC(=O)Nc1ccc2c(c1)nc1n2CCOC1. The maximum atomic E-state index is 11.4. The Morgan fingerprint density at radius 3 is 3.32 bits per heavy atom. The summed E-state index contributed by atoms with van der Waals surface area (Å²) in [5, 5.41) is 11.1. The lowest BCUT2D eigenvalue weighted by atomic mass is 10.2. The van der Waals surface area contributed by atoms with E-state index in [1.807, 2.05) is 24.3 Å². The van der Waals surface area contributed by atoms with Crippen LogP contribution in [0.4, 0.5) is 5.69 Å². The van der Waals surface area contributed by atoms with Crippen molar-refractivity contribution in [1.29, 1.82) is 5.26 Å². The number of rotatable bonds is 2. The van der Waals surface area contributed by atoms with E-state index in [4.69, 9.17) is 10.00 Å². The van der Waals surface area contributed by atoms with Crippen LogP contribution >= 0.6 is 0 Å². The molecule has 1 amide bonds. The zero-order chi connectivity index (χ0) is 13.2. The summed E-state index contributed by atoms with van der Waals surface area (Å²) in [6.07, 6.45) is -0.147. The van der Waals surface area contributed by atoms with Crippen molar-refractivity contribution in [3.8, 4) is 6.07 Å². The van der Waals surface area contributed by atoms with Gasteiger partial charge in [0.25, 0.3) is 0 Å². The number of hydrogen-bond acceptors (Lipinski definition) is 4. The molecule has 0 aliphatic carbocycles. The van der Waals surface area contributed by atoms with Gasteiger partial charge in [-0.2, -0.15) is 5.26 Å². The Kier molecular flexibility index (Phi) is 2.89. The first kappa shape index (κ1) is 11.7. The minimum Gasteiger partial charge on any atom is -0.372 e. The Morgan fingerprint density at radius 2 is 2.47 bits per heavy atom. The molecule has 0 radical (unpaired) electrons. The smallest absolute Gasteiger partial charge is 0.238 e. The third-order valence-corrected chi connectivity index (χ3v) is 3.04. The van der Waals surface area contributed by atoms with Gasteiger partial charge < -0.3 is 14.6 Å². The molecule has 0 unspecified atom stereocenters. The summed E-state index contributed by atoms with van der Waals surface area (Å²) in [6, 6.07) is 7.38. The van der Waals surface area contributed by atoms with Gasteiger partial charge in [-0.15, -0.1) is 0 Å². The number of ether oxygens (including phenoxy) is 1. The van der Waals surface area contributed by atoms with Crippen molar-refractivity contribution in [3.63, 3.8) is 0 Å². The van der Waals surface area contributed by atoms with Crippen LogP contribution < -0.4 is 5.32 Å². The number of carbonyl (C=O) groups is 1. The van der Waals surface area contributed by atoms with E-state index in [1.165, 1.54) is 0 Å². The Hall–Kier alpha value is -2.39. The summed E-state index contributed by atoms with van der Waals surface area (Å²) in [5.41, 5.74) is 2.52. The number of benzene rings is 1. The number of amides is 1. The van der Waals surface area contributed by atoms with Gasteiger partial charge in [0, 0.05) is 12.2 Å². The Bertz CT molecular complexity index is 684. The van der Waals surface area contributed by atoms with E-state index in [2.05, 4.69) is 14.9 Å². The molecule has 96 valence electrons. The average Bonchev–Trinajstić information content (AvgIpc) is 2.76. The number of fused-ring (bicyclic) bond motifs is 3. The fourth-order valence-corrected chi connectivity index (χ4v) is 2.21. The second-order valence-corrected chi connectivity index (χ2v) is 4.32. The summed E-state index contributed by atoms with van der Waals surface area (Å²) in [4.78, 5) is 15.9. The summed E-state index contributed by atoms with van der Waals surface area (Å²) in [7, 11) is 0. The van der Waals surface area contributed by atoms with Crippen molar-refractivity contribution >= 4 is 22.6 Å². The third kappa shape index (κ3) is 2.16. The second kappa shape index (κ2) is 4.71. The molecule has 0 fully saturated rings. The molecule has 19 heavy (non-hydrogen) atoms. The molecule has 1 aliphatic rings. The predicted molar refractivity (Wildman–Crippen MR) is 68.2 cm³/mol. The number of carbonyl (C=O) groups excluding carboxylic acids is 1. The number of hydrogen-bond donors (Lipinski definition) is 1. The van der Waals surface area contributed by atoms with Crippen molar-refractivity contribution in [3.05, 3.63) is 24.0 Å². The minimum absolute atomic E-state index is 0.147. The van der Waals surface area contributed by atoms with Gasteiger partial charge in [0.2, 0.25) is 5.91 Å². The van der Waals surface area contributed by atoms with Gasteiger partial charge in [0.1, 0.15) is 18.9 Å². The highest BCUT2D eigenvalue weighted by Gasteiger charge is 2.15. The van der Waals surface area contributed by atoms with Crippen molar-refractivity contribution in [1.82, 2.24) is 9.55 Å². The average molecular weight is 256 g/mol. The molecule has 1 N–H and O–H groups in total. The maximum Gasteiger partial charge on any atom is 0.238 e. The molecular weight excluding hydrogens is 244 g/mol. The van der Waals surface area contributed by atoms with Crippen molar-refractivity contribution in [2.75, 3.05) is 11.9 Å². The van der Waals surface area contributed by atoms with Gasteiger partial charge in [-0.25, -0.2) is 4.98 Å². The number of anilines is 1. The molecule has 3 rings (SSSR count). The van der Waals surface area contributed by atoms with E-state index in [0.29, 0.717) is 18.9 Å². The van der Waals surface area contributed by atoms with Gasteiger partial charge in [0.05, 0.1) is 23.7 Å². The molecule has 2 aromatic rings. The van der Waals surface area contributed by atoms with Crippen LogP contribution in [0.3, 0.4) is 0 Å². The van der Waals surface area contributed by atoms with Crippen LogP contribution in [0.5, 0.6) is 0 Å². The Morgan fingerprint density at radius 1 is 1.58 bits per heavy atom. The molecule has 1 aromatic carbocycles. The Labute approximate surface area is 109 Å². The summed E-state index contributed by atoms with van der Waals surface area (Å²) in [5.74, 6) is 0.593. The quantitative estimate of drug-likeness (QED) is 0.881. The highest BCUT2D eigenvalue weighted by molar-refractivity contribution is 5.94. The number of imidazole rings is 1. The molecule has 0 spiro atoms. The van der Waals surface area contributed by atoms with Crippen LogP contribution in [-0.4, -0.2) is 22.1 Å². The third-order valence-electron chi connectivity index (χ3n) is 3.04. The predicted octanol–water partition coefficient (Wildman–Crippen LogP) is 1.42. The zero-order valence-electron chi connectivity index (χ0n) is 10.2. The molecule has 0 saturated heterocycles. The lowest BCUT2D eigenvalue weighted by Crippen LogP contribution is -2.16. The highest BCUT2D eigenvalue weighted by atomic mass is 16.5. The molecule has 1 aliphatic heterocycles. The molecule has 6 nitrogen and oxygen atoms in total. The van der Waals surface area contributed by atoms with E-state index >= 15 is 0 Å². The van der Waals surface area contributed by atoms with Crippen LogP contribution in [0.1, 0.15) is 12.2 Å². The van der Waals surface area contributed by atoms with Gasteiger partial charge in [-0.3, -0.25) is 4.79 Å². The van der Waals surface area contributed by atoms with Crippen molar-refractivity contribution < 1.29 is 9.53 Å². The first-order valence-electron chi connectivity index (χ1n) is 6.01. The highest BCUT2D eigenvalue weighted by Crippen LogP contribution is 2.22. The van der Waals surface area contributed by atoms with E-state index in [-0.39, 0.29) is 12.3 Å². The van der Waals surface area contributed by atoms with Crippen LogP contribution in [0.15, 0.2) is 18.2 Å². The maximum absolute atomic E-state index is 11.4. The zero-order valence-corrected chi connectivity index (χ0v) is 10.2. The van der Waals surface area contributed by atoms with Gasteiger partial charge in [-0.05, 0) is 18.2 Å². The summed E-state index contributed by atoms with van der Waals surface area (Å²) in [6.45, 7) is 2.01. The molecule has 0 atom stereocenters. The first-order chi connectivity index (χ1) is 9.28. The van der Waals surface area contributed by atoms with Crippen LogP contribution in [-0.2, 0) is 22.7 Å². The van der Waals surface area contributed by atoms with Gasteiger partial charge in [-0.1, -0.05) is 0 Å². The molecule has 0 saturated carbocycles. The number of nitrogens with one attached hydrogen (secondary N) is 1. The van der Waals surface area contributed by atoms with Crippen LogP contribution in [0.25, 0.3) is 11.0 Å². The van der Waals surface area contributed by atoms with E-state index in [0.717, 1.165) is 23.4 Å². The second-order valence-electron chi connectivity index (χ2n) is 4.32. The topological polar surface area (TPSA) is 79.9 Å². The van der Waals surface area contributed by atoms with E-state index in [9.17, 15) is 4.79 Å². The number of aromatic nitrogens is 2. The largest absolute Gasteiger partial charge is 0.372 e. The molecule has 6 heteroatoms. The lowest BCUT2D eigenvalue weighted by Gasteiger charge is -2.14. The lowest BCUT2D eigenvalue weighted by molar-refractivity contribution is -0.115. The van der Waals surface area contributed by atoms with Crippen LogP contribution in [0, 0.1) is 11.3 Å². The Balaban J connectivity index is 1.93. The molecular formula is C13H12N4O2. The van der Waals surface area contributed by atoms with Crippen LogP contribution in [0.2, 0.25) is 0 Å². The molecule has 1 aromatic heterocycles. The van der Waals surface area contributed by atoms with Crippen molar-refractivity contribution in [2.24, 2.45) is 0 Å². The standard InChI is InChI=1S/C13H12N4O2/c14-4-3-13(18)15-9-1-2-11-10(7-9)16-12-8-19-6-5-17(11)12/h1-2,7H,3,5-6,8H2,(H,15,18). The first-order valence-corrected chi connectivity index (χ1v) is 6.01. The van der Waals surface area contributed by atoms with Crippen molar-refractivity contribution in [2.45, 2.75) is 19.6 Å². The fraction of sp³-hybridized carbons (Fsp3) is 0.308. The van der Waals surface area contributed by atoms with E-state index in [1.54, 1.807) is 0 Å². The monoisotopic (exact) mass is 256 g/mol. The minimum atomic E-state index is -0.311. The van der Waals surface area contributed by atoms with E-state index < -0.39 is 0 Å². The van der Waals surface area contributed by atoms with Gasteiger partial charge >= 0.3 is 0 Å². The summed E-state index contributed by atoms with van der Waals surface area (Å²) >= 11 is 0.